The van der Waals surface area contributed by atoms with E-state index in [2.05, 4.69) is 5.10 Å². The predicted octanol–water partition coefficient (Wildman–Crippen LogP) is 3.09. The van der Waals surface area contributed by atoms with Crippen molar-refractivity contribution in [2.75, 3.05) is 26.4 Å². The SMILES string of the molecule is c1cc(-c2ccn(-c3ccc(OCC4CO4)cc3)n2)ccc1OCC1CO1. The first kappa shape index (κ1) is 16.4. The lowest BCUT2D eigenvalue weighted by Gasteiger charge is -2.06. The molecular formula is C21H20N2O4. The van der Waals surface area contributed by atoms with Crippen molar-refractivity contribution in [3.63, 3.8) is 0 Å². The van der Waals surface area contributed by atoms with Crippen LogP contribution in [0.15, 0.2) is 60.8 Å². The Bertz CT molecular complexity index is 823. The van der Waals surface area contributed by atoms with E-state index in [9.17, 15) is 0 Å². The molecule has 6 heteroatoms. The monoisotopic (exact) mass is 364 g/mol. The summed E-state index contributed by atoms with van der Waals surface area (Å²) >= 11 is 0. The van der Waals surface area contributed by atoms with Crippen molar-refractivity contribution >= 4 is 0 Å². The molecule has 2 aromatic carbocycles. The van der Waals surface area contributed by atoms with Crippen molar-refractivity contribution in [2.45, 2.75) is 12.2 Å². The van der Waals surface area contributed by atoms with Crippen LogP contribution in [-0.4, -0.2) is 48.4 Å². The van der Waals surface area contributed by atoms with Crippen molar-refractivity contribution in [2.24, 2.45) is 0 Å². The summed E-state index contributed by atoms with van der Waals surface area (Å²) in [4.78, 5) is 0. The summed E-state index contributed by atoms with van der Waals surface area (Å²) in [5, 5.41) is 4.67. The van der Waals surface area contributed by atoms with Gasteiger partial charge >= 0.3 is 0 Å². The lowest BCUT2D eigenvalue weighted by atomic mass is 10.1. The van der Waals surface area contributed by atoms with Gasteiger partial charge < -0.3 is 18.9 Å². The largest absolute Gasteiger partial charge is 0.491 e. The van der Waals surface area contributed by atoms with Gasteiger partial charge in [-0.3, -0.25) is 0 Å². The molecule has 0 N–H and O–H groups in total. The molecule has 0 aliphatic carbocycles. The minimum absolute atomic E-state index is 0.261. The van der Waals surface area contributed by atoms with Crippen LogP contribution in [0.5, 0.6) is 11.5 Å². The second-order valence-corrected chi connectivity index (χ2v) is 6.70. The number of aromatic nitrogens is 2. The Hall–Kier alpha value is -2.83. The first-order chi connectivity index (χ1) is 13.3. The van der Waals surface area contributed by atoms with E-state index < -0.39 is 0 Å². The molecule has 138 valence electrons. The van der Waals surface area contributed by atoms with Gasteiger partial charge in [0.05, 0.1) is 24.6 Å². The van der Waals surface area contributed by atoms with Gasteiger partial charge in [-0.2, -0.15) is 5.10 Å². The third-order valence-electron chi connectivity index (χ3n) is 4.52. The fraction of sp³-hybridized carbons (Fsp3) is 0.286. The van der Waals surface area contributed by atoms with Crippen LogP contribution in [0.4, 0.5) is 0 Å². The summed E-state index contributed by atoms with van der Waals surface area (Å²) in [5.74, 6) is 1.69. The Labute approximate surface area is 157 Å². The molecular weight excluding hydrogens is 344 g/mol. The molecule has 2 unspecified atom stereocenters. The van der Waals surface area contributed by atoms with Gasteiger partial charge in [0.2, 0.25) is 0 Å². The molecule has 6 nitrogen and oxygen atoms in total. The van der Waals surface area contributed by atoms with E-state index in [1.807, 2.05) is 65.5 Å². The highest BCUT2D eigenvalue weighted by Gasteiger charge is 2.23. The summed E-state index contributed by atoms with van der Waals surface area (Å²) in [6.45, 7) is 2.83. The first-order valence-corrected chi connectivity index (χ1v) is 9.09. The van der Waals surface area contributed by atoms with Crippen LogP contribution in [0.1, 0.15) is 0 Å². The zero-order valence-electron chi connectivity index (χ0n) is 14.8. The molecule has 27 heavy (non-hydrogen) atoms. The van der Waals surface area contributed by atoms with E-state index in [-0.39, 0.29) is 12.2 Å². The van der Waals surface area contributed by atoms with E-state index in [0.717, 1.165) is 41.7 Å². The zero-order valence-corrected chi connectivity index (χ0v) is 14.8. The van der Waals surface area contributed by atoms with Crippen molar-refractivity contribution < 1.29 is 18.9 Å². The summed E-state index contributed by atoms with van der Waals surface area (Å²) in [6.07, 6.45) is 2.48. The molecule has 0 saturated carbocycles. The minimum Gasteiger partial charge on any atom is -0.491 e. The summed E-state index contributed by atoms with van der Waals surface area (Å²) < 4.78 is 23.5. The highest BCUT2D eigenvalue weighted by atomic mass is 16.6. The Morgan fingerprint density at radius 2 is 1.37 bits per heavy atom. The molecule has 2 aliphatic rings. The molecule has 2 fully saturated rings. The van der Waals surface area contributed by atoms with E-state index >= 15 is 0 Å². The highest BCUT2D eigenvalue weighted by molar-refractivity contribution is 5.60. The molecule has 0 amide bonds. The van der Waals surface area contributed by atoms with E-state index in [4.69, 9.17) is 18.9 Å². The summed E-state index contributed by atoms with van der Waals surface area (Å²) in [5.41, 5.74) is 2.95. The Balaban J connectivity index is 1.24. The smallest absolute Gasteiger partial charge is 0.119 e. The molecule has 2 saturated heterocycles. The second-order valence-electron chi connectivity index (χ2n) is 6.70. The van der Waals surface area contributed by atoms with Crippen molar-refractivity contribution in [3.05, 3.63) is 60.8 Å². The zero-order chi connectivity index (χ0) is 18.1. The molecule has 3 aromatic rings. The molecule has 0 bridgehead atoms. The number of benzene rings is 2. The van der Waals surface area contributed by atoms with Crippen LogP contribution in [0.2, 0.25) is 0 Å². The van der Waals surface area contributed by atoms with Crippen LogP contribution in [-0.2, 0) is 9.47 Å². The van der Waals surface area contributed by atoms with Gasteiger partial charge in [0.25, 0.3) is 0 Å². The van der Waals surface area contributed by atoms with Gasteiger partial charge in [-0.05, 0) is 54.6 Å². The molecule has 5 rings (SSSR count). The van der Waals surface area contributed by atoms with Crippen molar-refractivity contribution in [3.8, 4) is 28.4 Å². The number of ether oxygens (including phenoxy) is 4. The molecule has 0 radical (unpaired) electrons. The highest BCUT2D eigenvalue weighted by Crippen LogP contribution is 2.23. The van der Waals surface area contributed by atoms with Crippen molar-refractivity contribution in [1.29, 1.82) is 0 Å². The average Bonchev–Trinajstić information content (AvgIpc) is 3.65. The van der Waals surface area contributed by atoms with Gasteiger partial charge in [0, 0.05) is 11.8 Å². The number of epoxide rings is 2. The number of hydrogen-bond acceptors (Lipinski definition) is 5. The Kier molecular flexibility index (Phi) is 4.27. The lowest BCUT2D eigenvalue weighted by molar-refractivity contribution is 0.263. The topological polar surface area (TPSA) is 61.3 Å². The van der Waals surface area contributed by atoms with Crippen LogP contribution >= 0.6 is 0 Å². The van der Waals surface area contributed by atoms with E-state index in [1.165, 1.54) is 0 Å². The Morgan fingerprint density at radius 1 is 0.815 bits per heavy atom. The normalized spacial score (nSPS) is 20.3. The van der Waals surface area contributed by atoms with Crippen LogP contribution in [0, 0.1) is 0 Å². The maximum Gasteiger partial charge on any atom is 0.119 e. The van der Waals surface area contributed by atoms with Crippen LogP contribution in [0.3, 0.4) is 0 Å². The maximum absolute atomic E-state index is 5.67. The standard InChI is InChI=1S/C21H20N2O4/c1-5-17(24-11-19-13-26-19)6-2-15(1)21-9-10-23(22-21)16-3-7-18(8-4-16)25-12-20-14-27-20/h1-10,19-20H,11-14H2. The van der Waals surface area contributed by atoms with E-state index in [1.54, 1.807) is 0 Å². The molecule has 2 aliphatic heterocycles. The quantitative estimate of drug-likeness (QED) is 0.575. The third kappa shape index (κ3) is 4.13. The molecule has 2 atom stereocenters. The van der Waals surface area contributed by atoms with Gasteiger partial charge in [-0.15, -0.1) is 0 Å². The molecule has 0 spiro atoms. The van der Waals surface area contributed by atoms with Gasteiger partial charge in [0.15, 0.2) is 0 Å². The fourth-order valence-electron chi connectivity index (χ4n) is 2.75. The van der Waals surface area contributed by atoms with Crippen LogP contribution in [0.25, 0.3) is 16.9 Å². The van der Waals surface area contributed by atoms with Gasteiger partial charge in [-0.1, -0.05) is 0 Å². The van der Waals surface area contributed by atoms with Gasteiger partial charge in [-0.25, -0.2) is 4.68 Å². The number of hydrogen-bond donors (Lipinski definition) is 0. The number of rotatable bonds is 8. The third-order valence-corrected chi connectivity index (χ3v) is 4.52. The Morgan fingerprint density at radius 3 is 1.93 bits per heavy atom. The minimum atomic E-state index is 0.261. The molecule has 1 aromatic heterocycles. The first-order valence-electron chi connectivity index (χ1n) is 9.09. The van der Waals surface area contributed by atoms with Crippen molar-refractivity contribution in [1.82, 2.24) is 9.78 Å². The lowest BCUT2D eigenvalue weighted by Crippen LogP contribution is -2.04. The van der Waals surface area contributed by atoms with E-state index in [0.29, 0.717) is 13.2 Å². The predicted molar refractivity (Wildman–Crippen MR) is 99.5 cm³/mol. The molecule has 3 heterocycles. The second kappa shape index (κ2) is 7.06. The fourth-order valence-corrected chi connectivity index (χ4v) is 2.75. The summed E-state index contributed by atoms with van der Waals surface area (Å²) in [6, 6.07) is 17.9. The van der Waals surface area contributed by atoms with Gasteiger partial charge in [0.1, 0.15) is 36.9 Å². The maximum atomic E-state index is 5.67. The summed E-state index contributed by atoms with van der Waals surface area (Å²) in [7, 11) is 0. The van der Waals surface area contributed by atoms with Crippen LogP contribution < -0.4 is 9.47 Å². The number of nitrogens with zero attached hydrogens (tertiary/aromatic N) is 2. The average molecular weight is 364 g/mol.